The molecule has 0 amide bonds. The molecule has 1 aromatic carbocycles. The quantitative estimate of drug-likeness (QED) is 0.932. The van der Waals surface area contributed by atoms with Crippen LogP contribution in [0.1, 0.15) is 5.56 Å². The smallest absolute Gasteiger partial charge is 0.422 e. The Morgan fingerprint density at radius 3 is 2.41 bits per heavy atom. The summed E-state index contributed by atoms with van der Waals surface area (Å²) in [5.41, 5.74) is -0.685. The van der Waals surface area contributed by atoms with Gasteiger partial charge in [-0.05, 0) is 17.7 Å². The Morgan fingerprint density at radius 2 is 1.82 bits per heavy atom. The molecular formula is C13H10ClF3N2O3. The van der Waals surface area contributed by atoms with E-state index in [1.165, 1.54) is 35.0 Å². The summed E-state index contributed by atoms with van der Waals surface area (Å²) in [6.45, 7) is -1.27. The average molecular weight is 335 g/mol. The van der Waals surface area contributed by atoms with E-state index in [-0.39, 0.29) is 17.3 Å². The molecule has 22 heavy (non-hydrogen) atoms. The van der Waals surface area contributed by atoms with Gasteiger partial charge in [0.15, 0.2) is 6.61 Å². The van der Waals surface area contributed by atoms with Crippen molar-refractivity contribution in [2.45, 2.75) is 12.7 Å². The van der Waals surface area contributed by atoms with E-state index in [1.807, 2.05) is 4.98 Å². The molecule has 5 nitrogen and oxygen atoms in total. The number of ether oxygens (including phenoxy) is 1. The Hall–Kier alpha value is -2.22. The minimum atomic E-state index is -4.40. The van der Waals surface area contributed by atoms with Crippen LogP contribution in [0.2, 0.25) is 5.02 Å². The van der Waals surface area contributed by atoms with E-state index in [2.05, 4.69) is 4.74 Å². The van der Waals surface area contributed by atoms with Gasteiger partial charge in [0, 0.05) is 6.20 Å². The molecule has 1 aromatic heterocycles. The predicted molar refractivity (Wildman–Crippen MR) is 73.4 cm³/mol. The van der Waals surface area contributed by atoms with Crippen molar-refractivity contribution in [3.8, 4) is 5.75 Å². The fraction of sp³-hybridized carbons (Fsp3) is 0.231. The molecule has 2 rings (SSSR count). The Balaban J connectivity index is 2.10. The standard InChI is InChI=1S/C13H10ClF3N2O3/c14-10-6-19(12(21)18-11(10)20)5-8-1-3-9(4-2-8)22-7-13(15,16)17/h1-4,6H,5,7H2,(H,18,20,21). The topological polar surface area (TPSA) is 64.1 Å². The maximum Gasteiger partial charge on any atom is 0.422 e. The van der Waals surface area contributed by atoms with Crippen LogP contribution in [0.5, 0.6) is 5.75 Å². The molecule has 0 fully saturated rings. The molecule has 1 N–H and O–H groups in total. The van der Waals surface area contributed by atoms with E-state index in [0.717, 1.165) is 0 Å². The highest BCUT2D eigenvalue weighted by molar-refractivity contribution is 6.30. The van der Waals surface area contributed by atoms with Crippen molar-refractivity contribution >= 4 is 11.6 Å². The van der Waals surface area contributed by atoms with Crippen molar-refractivity contribution in [1.29, 1.82) is 0 Å². The molecule has 0 radical (unpaired) electrons. The highest BCUT2D eigenvalue weighted by Gasteiger charge is 2.28. The molecule has 118 valence electrons. The van der Waals surface area contributed by atoms with Crippen LogP contribution in [-0.2, 0) is 6.54 Å². The normalized spacial score (nSPS) is 11.5. The number of H-pyrrole nitrogens is 1. The SMILES string of the molecule is O=c1[nH]c(=O)n(Cc2ccc(OCC(F)(F)F)cc2)cc1Cl. The van der Waals surface area contributed by atoms with E-state index < -0.39 is 24.0 Å². The van der Waals surface area contributed by atoms with Gasteiger partial charge < -0.3 is 4.74 Å². The fourth-order valence-electron chi connectivity index (χ4n) is 1.65. The summed E-state index contributed by atoms with van der Waals surface area (Å²) in [6.07, 6.45) is -3.21. The number of nitrogens with one attached hydrogen (secondary N) is 1. The lowest BCUT2D eigenvalue weighted by atomic mass is 10.2. The molecule has 0 bridgehead atoms. The van der Waals surface area contributed by atoms with Gasteiger partial charge >= 0.3 is 11.9 Å². The first kappa shape index (κ1) is 16.2. The number of rotatable bonds is 4. The maximum absolute atomic E-state index is 12.0. The summed E-state index contributed by atoms with van der Waals surface area (Å²) in [5, 5.41) is -0.135. The number of alkyl halides is 3. The summed E-state index contributed by atoms with van der Waals surface area (Å²) >= 11 is 5.63. The molecule has 1 heterocycles. The maximum atomic E-state index is 12.0. The van der Waals surface area contributed by atoms with Gasteiger partial charge in [-0.15, -0.1) is 0 Å². The lowest BCUT2D eigenvalue weighted by molar-refractivity contribution is -0.153. The lowest BCUT2D eigenvalue weighted by Gasteiger charge is -2.10. The van der Waals surface area contributed by atoms with Crippen molar-refractivity contribution in [3.63, 3.8) is 0 Å². The van der Waals surface area contributed by atoms with Gasteiger partial charge in [-0.25, -0.2) is 4.79 Å². The number of benzene rings is 1. The van der Waals surface area contributed by atoms with Crippen LogP contribution in [0.15, 0.2) is 40.1 Å². The van der Waals surface area contributed by atoms with Gasteiger partial charge in [-0.2, -0.15) is 13.2 Å². The Labute approximate surface area is 126 Å². The van der Waals surface area contributed by atoms with E-state index in [9.17, 15) is 22.8 Å². The zero-order valence-electron chi connectivity index (χ0n) is 11.0. The third-order valence-corrected chi connectivity index (χ3v) is 2.92. The van der Waals surface area contributed by atoms with Crippen molar-refractivity contribution in [2.24, 2.45) is 0 Å². The molecule has 0 saturated carbocycles. The molecule has 0 saturated heterocycles. The first-order valence-corrected chi connectivity index (χ1v) is 6.40. The Bertz CT molecular complexity index is 766. The largest absolute Gasteiger partial charge is 0.484 e. The van der Waals surface area contributed by atoms with Crippen molar-refractivity contribution in [2.75, 3.05) is 6.61 Å². The molecule has 0 unspecified atom stereocenters. The first-order chi connectivity index (χ1) is 10.2. The number of halogens is 4. The number of hydrogen-bond acceptors (Lipinski definition) is 3. The van der Waals surface area contributed by atoms with Gasteiger partial charge in [0.05, 0.1) is 6.54 Å². The van der Waals surface area contributed by atoms with Gasteiger partial charge in [0.25, 0.3) is 5.56 Å². The van der Waals surface area contributed by atoms with Crippen molar-refractivity contribution in [1.82, 2.24) is 9.55 Å². The van der Waals surface area contributed by atoms with Gasteiger partial charge in [0.2, 0.25) is 0 Å². The van der Waals surface area contributed by atoms with E-state index >= 15 is 0 Å². The molecular weight excluding hydrogens is 325 g/mol. The molecule has 0 aliphatic heterocycles. The van der Waals surface area contributed by atoms with Crippen LogP contribution in [0.25, 0.3) is 0 Å². The predicted octanol–water partition coefficient (Wildman–Crippen LogP) is 2.18. The summed E-state index contributed by atoms with van der Waals surface area (Å²) in [4.78, 5) is 24.8. The van der Waals surface area contributed by atoms with Crippen molar-refractivity contribution < 1.29 is 17.9 Å². The van der Waals surface area contributed by atoms with E-state index in [1.54, 1.807) is 0 Å². The van der Waals surface area contributed by atoms with Crippen molar-refractivity contribution in [3.05, 3.63) is 61.9 Å². The zero-order valence-corrected chi connectivity index (χ0v) is 11.7. The molecule has 2 aromatic rings. The summed E-state index contributed by atoms with van der Waals surface area (Å²) < 4.78 is 41.8. The second kappa shape index (κ2) is 6.27. The number of aromatic nitrogens is 2. The minimum Gasteiger partial charge on any atom is -0.484 e. The van der Waals surface area contributed by atoms with Gasteiger partial charge in [-0.1, -0.05) is 23.7 Å². The molecule has 0 spiro atoms. The van der Waals surface area contributed by atoms with Crippen LogP contribution < -0.4 is 16.0 Å². The third kappa shape index (κ3) is 4.39. The third-order valence-electron chi connectivity index (χ3n) is 2.65. The van der Waals surface area contributed by atoms with Gasteiger partial charge in [0.1, 0.15) is 10.8 Å². The van der Waals surface area contributed by atoms with Crippen LogP contribution in [0.3, 0.4) is 0 Å². The molecule has 0 aliphatic rings. The van der Waals surface area contributed by atoms with Crippen LogP contribution in [-0.4, -0.2) is 22.3 Å². The molecule has 9 heteroatoms. The Kier molecular flexibility index (Phi) is 4.60. The van der Waals surface area contributed by atoms with E-state index in [0.29, 0.717) is 5.56 Å². The number of hydrogen-bond donors (Lipinski definition) is 1. The molecule has 0 atom stereocenters. The summed E-state index contributed by atoms with van der Waals surface area (Å²) in [7, 11) is 0. The number of nitrogens with zero attached hydrogens (tertiary/aromatic N) is 1. The Morgan fingerprint density at radius 1 is 1.18 bits per heavy atom. The van der Waals surface area contributed by atoms with Crippen LogP contribution in [0, 0.1) is 0 Å². The monoisotopic (exact) mass is 334 g/mol. The van der Waals surface area contributed by atoms with Crippen LogP contribution >= 0.6 is 11.6 Å². The second-order valence-electron chi connectivity index (χ2n) is 4.41. The molecule has 0 aliphatic carbocycles. The fourth-order valence-corrected chi connectivity index (χ4v) is 1.82. The number of aromatic amines is 1. The van der Waals surface area contributed by atoms with Crippen LogP contribution in [0.4, 0.5) is 13.2 Å². The summed E-state index contributed by atoms with van der Waals surface area (Å²) in [5.74, 6) is 0.0629. The highest BCUT2D eigenvalue weighted by Crippen LogP contribution is 2.19. The average Bonchev–Trinajstić information content (AvgIpc) is 2.43. The summed E-state index contributed by atoms with van der Waals surface area (Å²) in [6, 6.07) is 5.74. The zero-order chi connectivity index (χ0) is 16.3. The second-order valence-corrected chi connectivity index (χ2v) is 4.82. The van der Waals surface area contributed by atoms with E-state index in [4.69, 9.17) is 11.6 Å². The first-order valence-electron chi connectivity index (χ1n) is 6.02. The minimum absolute atomic E-state index is 0.0629. The van der Waals surface area contributed by atoms with Gasteiger partial charge in [-0.3, -0.25) is 14.3 Å². The lowest BCUT2D eigenvalue weighted by Crippen LogP contribution is -2.29. The highest BCUT2D eigenvalue weighted by atomic mass is 35.5.